The zero-order valence-electron chi connectivity index (χ0n) is 13.7. The summed E-state index contributed by atoms with van der Waals surface area (Å²) in [6.45, 7) is 2.16. The number of benzene rings is 1. The number of fused-ring (bicyclic) bond motifs is 2. The Morgan fingerprint density at radius 2 is 1.90 bits per heavy atom. The molecule has 2 heterocycles. The highest BCUT2D eigenvalue weighted by atomic mass is 16.5. The van der Waals surface area contributed by atoms with E-state index in [0.717, 1.165) is 17.8 Å². The van der Waals surface area contributed by atoms with Crippen molar-refractivity contribution in [2.75, 3.05) is 21.2 Å². The Hall–Kier alpha value is -1.06. The van der Waals surface area contributed by atoms with E-state index in [-0.39, 0.29) is 0 Å². The normalized spacial score (nSPS) is 30.4. The van der Waals surface area contributed by atoms with E-state index in [1.54, 1.807) is 7.11 Å². The van der Waals surface area contributed by atoms with Gasteiger partial charge < -0.3 is 15.0 Å². The van der Waals surface area contributed by atoms with Crippen molar-refractivity contribution in [1.82, 2.24) is 10.2 Å². The fourth-order valence-corrected chi connectivity index (χ4v) is 4.47. The van der Waals surface area contributed by atoms with Crippen LogP contribution >= 0.6 is 0 Å². The van der Waals surface area contributed by atoms with E-state index < -0.39 is 0 Å². The maximum atomic E-state index is 5.61. The van der Waals surface area contributed by atoms with E-state index in [4.69, 9.17) is 4.74 Å². The lowest BCUT2D eigenvalue weighted by atomic mass is 9.81. The molecule has 116 valence electrons. The van der Waals surface area contributed by atoms with Crippen LogP contribution in [0.3, 0.4) is 0 Å². The number of nitrogens with one attached hydrogen (secondary N) is 1. The number of piperidine rings is 1. The molecule has 3 rings (SSSR count). The molecule has 1 N–H and O–H groups in total. The Morgan fingerprint density at radius 1 is 1.24 bits per heavy atom. The summed E-state index contributed by atoms with van der Waals surface area (Å²) in [6, 6.07) is 8.49. The summed E-state index contributed by atoms with van der Waals surface area (Å²) in [7, 11) is 6.17. The second kappa shape index (κ2) is 5.98. The van der Waals surface area contributed by atoms with E-state index in [1.165, 1.54) is 36.8 Å². The summed E-state index contributed by atoms with van der Waals surface area (Å²) >= 11 is 0. The molecule has 2 saturated heterocycles. The van der Waals surface area contributed by atoms with Gasteiger partial charge in [-0.2, -0.15) is 0 Å². The minimum atomic E-state index is 0.400. The van der Waals surface area contributed by atoms with Crippen LogP contribution in [0.15, 0.2) is 18.2 Å². The molecule has 2 aliphatic heterocycles. The lowest BCUT2D eigenvalue weighted by Gasteiger charge is -2.40. The molecule has 2 bridgehead atoms. The predicted molar refractivity (Wildman–Crippen MR) is 86.8 cm³/mol. The number of nitrogens with zero attached hydrogens (tertiary/aromatic N) is 1. The van der Waals surface area contributed by atoms with Crippen LogP contribution in [-0.2, 0) is 0 Å². The van der Waals surface area contributed by atoms with Crippen molar-refractivity contribution in [3.8, 4) is 5.75 Å². The Labute approximate surface area is 128 Å². The zero-order valence-corrected chi connectivity index (χ0v) is 13.7. The molecular formula is C18H28N2O. The number of rotatable bonds is 4. The molecule has 2 aliphatic rings. The largest absolute Gasteiger partial charge is 0.496 e. The van der Waals surface area contributed by atoms with Crippen molar-refractivity contribution >= 4 is 0 Å². The van der Waals surface area contributed by atoms with Gasteiger partial charge in [0.25, 0.3) is 0 Å². The number of aryl methyl sites for hydroxylation is 1. The van der Waals surface area contributed by atoms with Gasteiger partial charge in [0.1, 0.15) is 5.75 Å². The average Bonchev–Trinajstić information content (AvgIpc) is 2.70. The zero-order chi connectivity index (χ0) is 15.0. The molecule has 1 aromatic carbocycles. The van der Waals surface area contributed by atoms with Gasteiger partial charge >= 0.3 is 0 Å². The van der Waals surface area contributed by atoms with Crippen molar-refractivity contribution in [2.45, 2.75) is 50.7 Å². The molecule has 0 aromatic heterocycles. The highest BCUT2D eigenvalue weighted by Crippen LogP contribution is 2.44. The van der Waals surface area contributed by atoms with Gasteiger partial charge in [0.2, 0.25) is 0 Å². The molecule has 0 amide bonds. The summed E-state index contributed by atoms with van der Waals surface area (Å²) < 4.78 is 5.61. The molecule has 3 heteroatoms. The van der Waals surface area contributed by atoms with Gasteiger partial charge in [0.05, 0.1) is 7.11 Å². The maximum Gasteiger partial charge on any atom is 0.123 e. The van der Waals surface area contributed by atoms with Crippen molar-refractivity contribution in [3.05, 3.63) is 29.3 Å². The van der Waals surface area contributed by atoms with Gasteiger partial charge in [-0.1, -0.05) is 17.7 Å². The third-order valence-electron chi connectivity index (χ3n) is 5.64. The SMILES string of the molecule is CNC(c1cc(C)ccc1OC)C1CC2CCC(C1)N2C. The summed E-state index contributed by atoms with van der Waals surface area (Å²) in [6.07, 6.45) is 5.35. The van der Waals surface area contributed by atoms with Crippen LogP contribution in [-0.4, -0.2) is 38.2 Å². The molecule has 0 spiro atoms. The molecule has 2 fully saturated rings. The monoisotopic (exact) mass is 288 g/mol. The summed E-state index contributed by atoms with van der Waals surface area (Å²) in [5.74, 6) is 1.73. The highest BCUT2D eigenvalue weighted by molar-refractivity contribution is 5.39. The summed E-state index contributed by atoms with van der Waals surface area (Å²) in [5, 5.41) is 3.58. The van der Waals surface area contributed by atoms with Crippen molar-refractivity contribution < 1.29 is 4.74 Å². The first-order valence-corrected chi connectivity index (χ1v) is 8.17. The van der Waals surface area contributed by atoms with Crippen molar-refractivity contribution in [1.29, 1.82) is 0 Å². The van der Waals surface area contributed by atoms with Crippen LogP contribution in [0.4, 0.5) is 0 Å². The molecule has 3 nitrogen and oxygen atoms in total. The van der Waals surface area contributed by atoms with Gasteiger partial charge in [0, 0.05) is 23.7 Å². The topological polar surface area (TPSA) is 24.5 Å². The molecule has 0 aliphatic carbocycles. The standard InChI is InChI=1S/C18H28N2O/c1-12-5-8-17(21-4)16(9-12)18(19-2)13-10-14-6-7-15(11-13)20(14)3/h5,8-9,13-15,18-19H,6-7,10-11H2,1-4H3. The van der Waals surface area contributed by atoms with E-state index in [1.807, 2.05) is 0 Å². The lowest BCUT2D eigenvalue weighted by Crippen LogP contribution is -2.43. The Kier molecular flexibility index (Phi) is 4.23. The third kappa shape index (κ3) is 2.69. The van der Waals surface area contributed by atoms with Crippen LogP contribution in [0.1, 0.15) is 42.9 Å². The number of ether oxygens (including phenoxy) is 1. The number of hydrogen-bond acceptors (Lipinski definition) is 3. The first kappa shape index (κ1) is 14.9. The van der Waals surface area contributed by atoms with Gasteiger partial charge in [0.15, 0.2) is 0 Å². The first-order valence-electron chi connectivity index (χ1n) is 8.17. The second-order valence-corrected chi connectivity index (χ2v) is 6.79. The van der Waals surface area contributed by atoms with Gasteiger partial charge in [-0.05, 0) is 58.7 Å². The summed E-state index contributed by atoms with van der Waals surface area (Å²) in [5.41, 5.74) is 2.64. The first-order chi connectivity index (χ1) is 10.1. The molecule has 0 saturated carbocycles. The van der Waals surface area contributed by atoms with Crippen LogP contribution in [0, 0.1) is 12.8 Å². The van der Waals surface area contributed by atoms with E-state index in [2.05, 4.69) is 49.4 Å². The minimum Gasteiger partial charge on any atom is -0.496 e. The van der Waals surface area contributed by atoms with Gasteiger partial charge in [-0.3, -0.25) is 0 Å². The molecule has 21 heavy (non-hydrogen) atoms. The molecule has 1 aromatic rings. The van der Waals surface area contributed by atoms with E-state index in [0.29, 0.717) is 12.0 Å². The van der Waals surface area contributed by atoms with Crippen LogP contribution in [0.25, 0.3) is 0 Å². The minimum absolute atomic E-state index is 0.400. The average molecular weight is 288 g/mol. The quantitative estimate of drug-likeness (QED) is 0.921. The molecule has 0 radical (unpaired) electrons. The molecular weight excluding hydrogens is 260 g/mol. The number of hydrogen-bond donors (Lipinski definition) is 1. The number of methoxy groups -OCH3 is 1. The van der Waals surface area contributed by atoms with Crippen molar-refractivity contribution in [2.24, 2.45) is 5.92 Å². The maximum absolute atomic E-state index is 5.61. The van der Waals surface area contributed by atoms with Crippen LogP contribution < -0.4 is 10.1 Å². The fraction of sp³-hybridized carbons (Fsp3) is 0.667. The van der Waals surface area contributed by atoms with Gasteiger partial charge in [-0.25, -0.2) is 0 Å². The van der Waals surface area contributed by atoms with Crippen LogP contribution in [0.2, 0.25) is 0 Å². The Balaban J connectivity index is 1.87. The molecule has 3 unspecified atom stereocenters. The van der Waals surface area contributed by atoms with Crippen LogP contribution in [0.5, 0.6) is 5.75 Å². The fourth-order valence-electron chi connectivity index (χ4n) is 4.47. The highest BCUT2D eigenvalue weighted by Gasteiger charge is 2.41. The smallest absolute Gasteiger partial charge is 0.123 e. The second-order valence-electron chi connectivity index (χ2n) is 6.79. The third-order valence-corrected chi connectivity index (χ3v) is 5.64. The Bertz CT molecular complexity index is 488. The predicted octanol–water partition coefficient (Wildman–Crippen LogP) is 3.14. The van der Waals surface area contributed by atoms with E-state index >= 15 is 0 Å². The lowest BCUT2D eigenvalue weighted by molar-refractivity contribution is 0.113. The van der Waals surface area contributed by atoms with E-state index in [9.17, 15) is 0 Å². The van der Waals surface area contributed by atoms with Crippen molar-refractivity contribution in [3.63, 3.8) is 0 Å². The summed E-state index contributed by atoms with van der Waals surface area (Å²) in [4.78, 5) is 2.61. The molecule has 3 atom stereocenters. The van der Waals surface area contributed by atoms with Gasteiger partial charge in [-0.15, -0.1) is 0 Å². The Morgan fingerprint density at radius 3 is 2.48 bits per heavy atom.